The van der Waals surface area contributed by atoms with Gasteiger partial charge in [-0.2, -0.15) is 5.10 Å². The van der Waals surface area contributed by atoms with Crippen molar-refractivity contribution in [3.05, 3.63) is 56.1 Å². The van der Waals surface area contributed by atoms with Gasteiger partial charge in [-0.1, -0.05) is 23.7 Å². The summed E-state index contributed by atoms with van der Waals surface area (Å²) in [5, 5.41) is 14.0. The molecule has 7 heteroatoms. The Bertz CT molecular complexity index is 735. The molecule has 0 radical (unpaired) electrons. The van der Waals surface area contributed by atoms with E-state index in [9.17, 15) is 9.90 Å². The van der Waals surface area contributed by atoms with Gasteiger partial charge in [0.05, 0.1) is 27.5 Å². The molecule has 0 aromatic heterocycles. The Morgan fingerprint density at radius 2 is 2.14 bits per heavy atom. The number of carbonyl (C=O) groups is 1. The maximum absolute atomic E-state index is 11.9. The van der Waals surface area contributed by atoms with Gasteiger partial charge in [0.15, 0.2) is 11.5 Å². The number of ether oxygens (including phenoxy) is 1. The number of halogens is 2. The van der Waals surface area contributed by atoms with Crippen LogP contribution in [0.15, 0.2) is 41.5 Å². The Hall–Kier alpha value is -1.80. The van der Waals surface area contributed by atoms with Gasteiger partial charge in [0, 0.05) is 0 Å². The Morgan fingerprint density at radius 1 is 1.41 bits per heavy atom. The lowest BCUT2D eigenvalue weighted by molar-refractivity contribution is 0.0955. The second kappa shape index (κ2) is 7.46. The molecule has 0 saturated carbocycles. The number of amides is 1. The van der Waals surface area contributed by atoms with Crippen molar-refractivity contribution in [3.63, 3.8) is 0 Å². The molecule has 0 spiro atoms. The summed E-state index contributed by atoms with van der Waals surface area (Å²) in [6, 6.07) is 10.0. The molecule has 2 N–H and O–H groups in total. The smallest absolute Gasteiger partial charge is 0.272 e. The highest BCUT2D eigenvalue weighted by molar-refractivity contribution is 14.1. The molecular weight excluding hydrogens is 419 g/mol. The van der Waals surface area contributed by atoms with Crippen LogP contribution in [0, 0.1) is 3.57 Å². The molecule has 0 fully saturated rings. The van der Waals surface area contributed by atoms with Crippen LogP contribution < -0.4 is 10.2 Å². The summed E-state index contributed by atoms with van der Waals surface area (Å²) in [4.78, 5) is 11.9. The minimum atomic E-state index is -0.401. The van der Waals surface area contributed by atoms with Gasteiger partial charge in [0.1, 0.15) is 0 Å². The van der Waals surface area contributed by atoms with E-state index in [1.54, 1.807) is 36.4 Å². The number of hydrogen-bond donors (Lipinski definition) is 2. The standard InChI is InChI=1S/C15H12ClIN2O3/c1-22-13-7-9(6-12(17)14(13)20)8-18-19-15(21)10-4-2-3-5-11(10)16/h2-8,20H,1H3,(H,19,21)/b18-8-. The van der Waals surface area contributed by atoms with Crippen LogP contribution in [0.3, 0.4) is 0 Å². The van der Waals surface area contributed by atoms with Crippen LogP contribution in [0.5, 0.6) is 11.5 Å². The highest BCUT2D eigenvalue weighted by Gasteiger charge is 2.09. The summed E-state index contributed by atoms with van der Waals surface area (Å²) in [5.74, 6) is 0.00780. The zero-order valence-electron chi connectivity index (χ0n) is 11.5. The van der Waals surface area contributed by atoms with E-state index in [1.807, 2.05) is 22.6 Å². The normalized spacial score (nSPS) is 10.7. The predicted molar refractivity (Wildman–Crippen MR) is 93.9 cm³/mol. The monoisotopic (exact) mass is 430 g/mol. The minimum Gasteiger partial charge on any atom is -0.504 e. The maximum Gasteiger partial charge on any atom is 0.272 e. The van der Waals surface area contributed by atoms with Crippen molar-refractivity contribution in [1.29, 1.82) is 0 Å². The van der Waals surface area contributed by atoms with Gasteiger partial charge < -0.3 is 9.84 Å². The van der Waals surface area contributed by atoms with Crippen molar-refractivity contribution in [1.82, 2.24) is 5.43 Å². The van der Waals surface area contributed by atoms with Crippen LogP contribution in [0.4, 0.5) is 0 Å². The lowest BCUT2D eigenvalue weighted by Crippen LogP contribution is -2.17. The summed E-state index contributed by atoms with van der Waals surface area (Å²) >= 11 is 7.92. The first-order valence-electron chi connectivity index (χ1n) is 6.17. The van der Waals surface area contributed by atoms with Crippen molar-refractivity contribution in [2.24, 2.45) is 5.10 Å². The van der Waals surface area contributed by atoms with Crippen LogP contribution in [-0.2, 0) is 0 Å². The molecule has 0 aliphatic carbocycles. The number of benzene rings is 2. The molecule has 2 aromatic carbocycles. The van der Waals surface area contributed by atoms with E-state index >= 15 is 0 Å². The molecule has 22 heavy (non-hydrogen) atoms. The van der Waals surface area contributed by atoms with Crippen LogP contribution in [0.25, 0.3) is 0 Å². The number of methoxy groups -OCH3 is 1. The number of carbonyl (C=O) groups excluding carboxylic acids is 1. The zero-order valence-corrected chi connectivity index (χ0v) is 14.4. The summed E-state index contributed by atoms with van der Waals surface area (Å²) in [6.07, 6.45) is 1.46. The van der Waals surface area contributed by atoms with E-state index < -0.39 is 5.91 Å². The molecule has 114 valence electrons. The van der Waals surface area contributed by atoms with Crippen LogP contribution >= 0.6 is 34.2 Å². The van der Waals surface area contributed by atoms with Gasteiger partial charge in [-0.15, -0.1) is 0 Å². The van der Waals surface area contributed by atoms with E-state index in [0.717, 1.165) is 0 Å². The van der Waals surface area contributed by atoms with Gasteiger partial charge in [-0.05, 0) is 52.4 Å². The van der Waals surface area contributed by atoms with Gasteiger partial charge in [0.2, 0.25) is 0 Å². The SMILES string of the molecule is COc1cc(/C=N\NC(=O)c2ccccc2Cl)cc(I)c1O. The third-order valence-corrected chi connectivity index (χ3v) is 3.92. The largest absolute Gasteiger partial charge is 0.504 e. The van der Waals surface area contributed by atoms with Gasteiger partial charge in [-0.3, -0.25) is 4.79 Å². The zero-order chi connectivity index (χ0) is 16.1. The molecule has 0 bridgehead atoms. The Kier molecular flexibility index (Phi) is 5.62. The van der Waals surface area contributed by atoms with E-state index in [4.69, 9.17) is 16.3 Å². The average molecular weight is 431 g/mol. The first-order valence-corrected chi connectivity index (χ1v) is 7.63. The van der Waals surface area contributed by atoms with Crippen molar-refractivity contribution in [2.75, 3.05) is 7.11 Å². The first-order chi connectivity index (χ1) is 10.5. The summed E-state index contributed by atoms with van der Waals surface area (Å²) in [6.45, 7) is 0. The second-order valence-electron chi connectivity index (χ2n) is 4.23. The fourth-order valence-electron chi connectivity index (χ4n) is 1.69. The van der Waals surface area contributed by atoms with E-state index in [2.05, 4.69) is 10.5 Å². The number of aromatic hydroxyl groups is 1. The minimum absolute atomic E-state index is 0.0698. The molecule has 0 heterocycles. The quantitative estimate of drug-likeness (QED) is 0.444. The fraction of sp³-hybridized carbons (Fsp3) is 0.0667. The maximum atomic E-state index is 11.9. The lowest BCUT2D eigenvalue weighted by atomic mass is 10.2. The number of nitrogens with zero attached hydrogens (tertiary/aromatic N) is 1. The topological polar surface area (TPSA) is 70.9 Å². The molecule has 0 unspecified atom stereocenters. The number of phenolic OH excluding ortho intramolecular Hbond substituents is 1. The average Bonchev–Trinajstić information content (AvgIpc) is 2.50. The third kappa shape index (κ3) is 3.89. The van der Waals surface area contributed by atoms with E-state index in [1.165, 1.54) is 13.3 Å². The Morgan fingerprint density at radius 3 is 2.82 bits per heavy atom. The first kappa shape index (κ1) is 16.6. The predicted octanol–water partition coefficient (Wildman–Crippen LogP) is 3.42. The van der Waals surface area contributed by atoms with Gasteiger partial charge >= 0.3 is 0 Å². The number of nitrogens with one attached hydrogen (secondary N) is 1. The Balaban J connectivity index is 2.12. The van der Waals surface area contributed by atoms with Crippen molar-refractivity contribution in [2.45, 2.75) is 0 Å². The molecule has 2 rings (SSSR count). The molecule has 2 aromatic rings. The highest BCUT2D eigenvalue weighted by Crippen LogP contribution is 2.31. The second-order valence-corrected chi connectivity index (χ2v) is 5.80. The van der Waals surface area contributed by atoms with Crippen molar-refractivity contribution >= 4 is 46.3 Å². The molecule has 0 aliphatic rings. The fourth-order valence-corrected chi connectivity index (χ4v) is 2.54. The molecule has 1 amide bonds. The van der Waals surface area contributed by atoms with Crippen LogP contribution in [0.2, 0.25) is 5.02 Å². The van der Waals surface area contributed by atoms with Crippen molar-refractivity contribution in [3.8, 4) is 11.5 Å². The molecule has 0 atom stereocenters. The van der Waals surface area contributed by atoms with E-state index in [-0.39, 0.29) is 5.75 Å². The number of hydrogen-bond acceptors (Lipinski definition) is 4. The highest BCUT2D eigenvalue weighted by atomic mass is 127. The Labute approximate surface area is 146 Å². The third-order valence-electron chi connectivity index (χ3n) is 2.77. The molecular formula is C15H12ClIN2O3. The van der Waals surface area contributed by atoms with E-state index in [0.29, 0.717) is 25.5 Å². The summed E-state index contributed by atoms with van der Waals surface area (Å²) in [5.41, 5.74) is 3.43. The van der Waals surface area contributed by atoms with Crippen molar-refractivity contribution < 1.29 is 14.6 Å². The van der Waals surface area contributed by atoms with Crippen LogP contribution in [0.1, 0.15) is 15.9 Å². The molecule has 0 saturated heterocycles. The number of rotatable bonds is 4. The number of hydrazone groups is 1. The molecule has 5 nitrogen and oxygen atoms in total. The van der Waals surface area contributed by atoms with Gasteiger partial charge in [-0.25, -0.2) is 5.43 Å². The molecule has 0 aliphatic heterocycles. The summed E-state index contributed by atoms with van der Waals surface area (Å²) in [7, 11) is 1.46. The number of phenols is 1. The van der Waals surface area contributed by atoms with Gasteiger partial charge in [0.25, 0.3) is 5.91 Å². The lowest BCUT2D eigenvalue weighted by Gasteiger charge is -2.06. The van der Waals surface area contributed by atoms with Crippen LogP contribution in [-0.4, -0.2) is 24.3 Å². The summed E-state index contributed by atoms with van der Waals surface area (Å²) < 4.78 is 5.68.